The standard InChI is InChI=1S/C18H23BrN2O/c19-14-4-1-3-13(11-14)16-12-17(16)18(22)21-9-7-20(8-10-21)15-5-2-6-15/h1,3-4,11,15-17H,2,5-10,12H2. The Morgan fingerprint density at radius 1 is 1.14 bits per heavy atom. The summed E-state index contributed by atoms with van der Waals surface area (Å²) in [5, 5.41) is 0. The molecule has 2 unspecified atom stereocenters. The molecule has 0 bridgehead atoms. The van der Waals surface area contributed by atoms with E-state index in [0.717, 1.165) is 43.1 Å². The summed E-state index contributed by atoms with van der Waals surface area (Å²) < 4.78 is 1.11. The third-order valence-electron chi connectivity index (χ3n) is 5.60. The van der Waals surface area contributed by atoms with Gasteiger partial charge in [0, 0.05) is 42.6 Å². The average Bonchev–Trinajstić information content (AvgIpc) is 3.26. The van der Waals surface area contributed by atoms with Crippen LogP contribution in [0.5, 0.6) is 0 Å². The summed E-state index contributed by atoms with van der Waals surface area (Å²) in [5.41, 5.74) is 1.31. The van der Waals surface area contributed by atoms with Crippen LogP contribution in [0.15, 0.2) is 28.7 Å². The van der Waals surface area contributed by atoms with Gasteiger partial charge in [0.25, 0.3) is 0 Å². The van der Waals surface area contributed by atoms with Crippen molar-refractivity contribution in [3.63, 3.8) is 0 Å². The Kier molecular flexibility index (Phi) is 3.99. The Morgan fingerprint density at radius 3 is 2.55 bits per heavy atom. The van der Waals surface area contributed by atoms with Crippen LogP contribution in [-0.4, -0.2) is 47.9 Å². The zero-order valence-corrected chi connectivity index (χ0v) is 14.5. The van der Waals surface area contributed by atoms with E-state index in [1.54, 1.807) is 0 Å². The number of halogens is 1. The number of carbonyl (C=O) groups is 1. The lowest BCUT2D eigenvalue weighted by atomic mass is 9.91. The number of nitrogens with zero attached hydrogens (tertiary/aromatic N) is 2. The van der Waals surface area contributed by atoms with Crippen LogP contribution in [-0.2, 0) is 4.79 Å². The first kappa shape index (κ1) is 14.7. The van der Waals surface area contributed by atoms with E-state index in [9.17, 15) is 4.79 Å². The second-order valence-electron chi connectivity index (χ2n) is 6.95. The lowest BCUT2D eigenvalue weighted by molar-refractivity contribution is -0.135. The highest BCUT2D eigenvalue weighted by molar-refractivity contribution is 9.10. The van der Waals surface area contributed by atoms with Gasteiger partial charge in [-0.1, -0.05) is 34.5 Å². The molecule has 3 fully saturated rings. The van der Waals surface area contributed by atoms with Crippen molar-refractivity contribution in [3.05, 3.63) is 34.3 Å². The summed E-state index contributed by atoms with van der Waals surface area (Å²) in [7, 11) is 0. The Bertz CT molecular complexity index is 564. The Labute approximate surface area is 140 Å². The van der Waals surface area contributed by atoms with Crippen LogP contribution in [0.2, 0.25) is 0 Å². The molecule has 0 radical (unpaired) electrons. The number of amides is 1. The van der Waals surface area contributed by atoms with E-state index in [-0.39, 0.29) is 5.92 Å². The minimum absolute atomic E-state index is 0.226. The van der Waals surface area contributed by atoms with E-state index in [2.05, 4.69) is 43.9 Å². The minimum Gasteiger partial charge on any atom is -0.340 e. The van der Waals surface area contributed by atoms with E-state index in [0.29, 0.717) is 11.8 Å². The predicted molar refractivity (Wildman–Crippen MR) is 90.8 cm³/mol. The maximum atomic E-state index is 12.7. The second-order valence-corrected chi connectivity index (χ2v) is 7.87. The highest BCUT2D eigenvalue weighted by Crippen LogP contribution is 2.49. The van der Waals surface area contributed by atoms with E-state index < -0.39 is 0 Å². The fourth-order valence-corrected chi connectivity index (χ4v) is 4.28. The number of hydrogen-bond acceptors (Lipinski definition) is 2. The third kappa shape index (κ3) is 2.83. The van der Waals surface area contributed by atoms with Crippen LogP contribution >= 0.6 is 15.9 Å². The zero-order chi connectivity index (χ0) is 15.1. The first-order valence-corrected chi connectivity index (χ1v) is 9.30. The van der Waals surface area contributed by atoms with Crippen LogP contribution in [0, 0.1) is 5.92 Å². The minimum atomic E-state index is 0.226. The molecule has 2 atom stereocenters. The summed E-state index contributed by atoms with van der Waals surface area (Å²) in [4.78, 5) is 17.4. The molecule has 2 saturated carbocycles. The van der Waals surface area contributed by atoms with Gasteiger partial charge in [0.1, 0.15) is 0 Å². The maximum absolute atomic E-state index is 12.7. The molecular formula is C18H23BrN2O. The molecule has 4 heteroatoms. The SMILES string of the molecule is O=C(C1CC1c1cccc(Br)c1)N1CCN(C2CCC2)CC1. The molecule has 3 aliphatic rings. The van der Waals surface area contributed by atoms with Crippen LogP contribution < -0.4 is 0 Å². The number of benzene rings is 1. The molecule has 1 aliphatic heterocycles. The highest BCUT2D eigenvalue weighted by atomic mass is 79.9. The van der Waals surface area contributed by atoms with Crippen LogP contribution in [0.1, 0.15) is 37.2 Å². The largest absolute Gasteiger partial charge is 0.340 e. The molecule has 22 heavy (non-hydrogen) atoms. The molecule has 3 nitrogen and oxygen atoms in total. The van der Waals surface area contributed by atoms with E-state index >= 15 is 0 Å². The predicted octanol–water partition coefficient (Wildman–Crippen LogP) is 3.25. The normalized spacial score (nSPS) is 29.2. The summed E-state index contributed by atoms with van der Waals surface area (Å²) in [5.74, 6) is 1.05. The Morgan fingerprint density at radius 2 is 1.91 bits per heavy atom. The van der Waals surface area contributed by atoms with Crippen molar-refractivity contribution >= 4 is 21.8 Å². The van der Waals surface area contributed by atoms with Gasteiger partial charge in [0.05, 0.1) is 0 Å². The fraction of sp³-hybridized carbons (Fsp3) is 0.611. The molecule has 1 amide bonds. The summed E-state index contributed by atoms with van der Waals surface area (Å²) in [6.07, 6.45) is 5.14. The molecule has 1 saturated heterocycles. The van der Waals surface area contributed by atoms with Crippen molar-refractivity contribution in [3.8, 4) is 0 Å². The van der Waals surface area contributed by atoms with Crippen molar-refractivity contribution in [2.75, 3.05) is 26.2 Å². The van der Waals surface area contributed by atoms with Gasteiger partial charge in [-0.05, 0) is 42.9 Å². The summed E-state index contributed by atoms with van der Waals surface area (Å²) >= 11 is 3.52. The van der Waals surface area contributed by atoms with Crippen molar-refractivity contribution in [1.82, 2.24) is 9.80 Å². The molecular weight excluding hydrogens is 340 g/mol. The quantitative estimate of drug-likeness (QED) is 0.823. The Balaban J connectivity index is 1.32. The lowest BCUT2D eigenvalue weighted by Gasteiger charge is -2.43. The van der Waals surface area contributed by atoms with Crippen LogP contribution in [0.25, 0.3) is 0 Å². The smallest absolute Gasteiger partial charge is 0.226 e. The van der Waals surface area contributed by atoms with Gasteiger partial charge in [-0.2, -0.15) is 0 Å². The van der Waals surface area contributed by atoms with Crippen LogP contribution in [0.4, 0.5) is 0 Å². The van der Waals surface area contributed by atoms with Gasteiger partial charge >= 0.3 is 0 Å². The summed E-state index contributed by atoms with van der Waals surface area (Å²) in [6, 6.07) is 9.23. The van der Waals surface area contributed by atoms with Gasteiger partial charge in [0.2, 0.25) is 5.91 Å². The molecule has 1 aromatic rings. The van der Waals surface area contributed by atoms with E-state index in [1.165, 1.54) is 24.8 Å². The van der Waals surface area contributed by atoms with Crippen LogP contribution in [0.3, 0.4) is 0 Å². The monoisotopic (exact) mass is 362 g/mol. The molecule has 0 aromatic heterocycles. The van der Waals surface area contributed by atoms with Gasteiger partial charge in [-0.3, -0.25) is 9.69 Å². The third-order valence-corrected chi connectivity index (χ3v) is 6.09. The van der Waals surface area contributed by atoms with Gasteiger partial charge in [-0.15, -0.1) is 0 Å². The molecule has 4 rings (SSSR count). The molecule has 118 valence electrons. The first-order valence-electron chi connectivity index (χ1n) is 8.50. The first-order chi connectivity index (χ1) is 10.7. The molecule has 1 heterocycles. The second kappa shape index (κ2) is 5.97. The summed E-state index contributed by atoms with van der Waals surface area (Å²) in [6.45, 7) is 4.00. The van der Waals surface area contributed by atoms with E-state index in [1.807, 2.05) is 6.07 Å². The maximum Gasteiger partial charge on any atom is 0.226 e. The molecule has 0 spiro atoms. The number of hydrogen-bond donors (Lipinski definition) is 0. The van der Waals surface area contributed by atoms with E-state index in [4.69, 9.17) is 0 Å². The van der Waals surface area contributed by atoms with Gasteiger partial charge < -0.3 is 4.90 Å². The van der Waals surface area contributed by atoms with Gasteiger partial charge in [0.15, 0.2) is 0 Å². The number of carbonyl (C=O) groups excluding carboxylic acids is 1. The topological polar surface area (TPSA) is 23.6 Å². The Hall–Kier alpha value is -0.870. The number of rotatable bonds is 3. The fourth-order valence-electron chi connectivity index (χ4n) is 3.87. The molecule has 2 aliphatic carbocycles. The lowest BCUT2D eigenvalue weighted by Crippen LogP contribution is -2.53. The van der Waals surface area contributed by atoms with Crippen molar-refractivity contribution < 1.29 is 4.79 Å². The molecule has 1 aromatic carbocycles. The van der Waals surface area contributed by atoms with Crippen molar-refractivity contribution in [1.29, 1.82) is 0 Å². The van der Waals surface area contributed by atoms with Crippen molar-refractivity contribution in [2.45, 2.75) is 37.6 Å². The zero-order valence-electron chi connectivity index (χ0n) is 12.9. The molecule has 0 N–H and O–H groups in total. The average molecular weight is 363 g/mol. The van der Waals surface area contributed by atoms with Crippen molar-refractivity contribution in [2.24, 2.45) is 5.92 Å². The highest BCUT2D eigenvalue weighted by Gasteiger charge is 2.46. The number of piperazine rings is 1. The van der Waals surface area contributed by atoms with Gasteiger partial charge in [-0.25, -0.2) is 0 Å².